The van der Waals surface area contributed by atoms with Crippen LogP contribution in [0.2, 0.25) is 0 Å². The van der Waals surface area contributed by atoms with Gasteiger partial charge in [0.1, 0.15) is 0 Å². The summed E-state index contributed by atoms with van der Waals surface area (Å²) in [5, 5.41) is 0.950. The van der Waals surface area contributed by atoms with E-state index in [1.54, 1.807) is 11.6 Å². The molecule has 3 heterocycles. The molecule has 0 unspecified atom stereocenters. The zero-order valence-corrected chi connectivity index (χ0v) is 23.4. The van der Waals surface area contributed by atoms with Crippen LogP contribution in [-0.2, 0) is 23.1 Å². The minimum absolute atomic E-state index is 0.0569. The number of fused-ring (bicyclic) bond motifs is 1. The molecule has 2 aromatic rings. The smallest absolute Gasteiger partial charge is 0.381 e. The van der Waals surface area contributed by atoms with Crippen molar-refractivity contribution >= 4 is 16.8 Å². The first kappa shape index (κ1) is 29.1. The van der Waals surface area contributed by atoms with Crippen molar-refractivity contribution in [3.05, 3.63) is 46.2 Å². The van der Waals surface area contributed by atoms with Crippen LogP contribution in [0.25, 0.3) is 10.9 Å². The number of amides is 1. The Morgan fingerprint density at radius 3 is 2.40 bits per heavy atom. The highest BCUT2D eigenvalue weighted by atomic mass is 19.4. The first-order valence-electron chi connectivity index (χ1n) is 14.6. The highest BCUT2D eigenvalue weighted by Gasteiger charge is 2.44. The Bertz CT molecular complexity index is 1230. The second kappa shape index (κ2) is 12.2. The lowest BCUT2D eigenvalue weighted by molar-refractivity contribution is -0.155. The molecule has 220 valence electrons. The fourth-order valence-corrected chi connectivity index (χ4v) is 6.94. The van der Waals surface area contributed by atoms with Crippen LogP contribution >= 0.6 is 0 Å². The minimum Gasteiger partial charge on any atom is -0.381 e. The molecule has 1 aromatic carbocycles. The molecule has 3 fully saturated rings. The molecule has 0 N–H and O–H groups in total. The van der Waals surface area contributed by atoms with Crippen molar-refractivity contribution < 1.29 is 22.7 Å². The third-order valence-corrected chi connectivity index (χ3v) is 9.19. The van der Waals surface area contributed by atoms with Gasteiger partial charge >= 0.3 is 6.18 Å². The Kier molecular flexibility index (Phi) is 8.87. The van der Waals surface area contributed by atoms with Crippen LogP contribution in [0.1, 0.15) is 50.5 Å². The van der Waals surface area contributed by atoms with Gasteiger partial charge in [-0.15, -0.1) is 0 Å². The number of para-hydroxylation sites is 1. The molecule has 0 bridgehead atoms. The van der Waals surface area contributed by atoms with Crippen molar-refractivity contribution in [1.29, 1.82) is 0 Å². The molecule has 1 saturated carbocycles. The van der Waals surface area contributed by atoms with E-state index in [2.05, 4.69) is 4.90 Å². The molecule has 5 rings (SSSR count). The number of alkyl halides is 3. The van der Waals surface area contributed by atoms with Gasteiger partial charge in [0.2, 0.25) is 5.91 Å². The zero-order valence-electron chi connectivity index (χ0n) is 23.4. The van der Waals surface area contributed by atoms with Crippen LogP contribution < -0.4 is 5.56 Å². The lowest BCUT2D eigenvalue weighted by Gasteiger charge is -2.51. The average molecular weight is 563 g/mol. The number of aryl methyl sites for hydroxylation is 1. The summed E-state index contributed by atoms with van der Waals surface area (Å²) in [7, 11) is 1.77. The largest absolute Gasteiger partial charge is 0.401 e. The molecular formula is C30H41F3N4O3. The van der Waals surface area contributed by atoms with Crippen LogP contribution in [0.4, 0.5) is 13.2 Å². The molecule has 0 radical (unpaired) electrons. The van der Waals surface area contributed by atoms with Gasteiger partial charge in [-0.1, -0.05) is 37.5 Å². The minimum atomic E-state index is -4.21. The van der Waals surface area contributed by atoms with Crippen molar-refractivity contribution in [3.8, 4) is 0 Å². The summed E-state index contributed by atoms with van der Waals surface area (Å²) < 4.78 is 46.5. The van der Waals surface area contributed by atoms with Crippen LogP contribution in [0.5, 0.6) is 0 Å². The fraction of sp³-hybridized carbons (Fsp3) is 0.667. The van der Waals surface area contributed by atoms with Crippen molar-refractivity contribution in [3.63, 3.8) is 0 Å². The molecule has 40 heavy (non-hydrogen) atoms. The Hall–Kier alpha value is -2.43. The van der Waals surface area contributed by atoms with Gasteiger partial charge in [-0.05, 0) is 43.2 Å². The number of carbonyl (C=O) groups is 1. The highest BCUT2D eigenvalue weighted by molar-refractivity contribution is 5.81. The van der Waals surface area contributed by atoms with Gasteiger partial charge < -0.3 is 14.2 Å². The summed E-state index contributed by atoms with van der Waals surface area (Å²) in [5.41, 5.74) is 0.929. The molecular weight excluding hydrogens is 521 g/mol. The van der Waals surface area contributed by atoms with E-state index in [0.29, 0.717) is 64.3 Å². The summed E-state index contributed by atoms with van der Waals surface area (Å²) in [6, 6.07) is 9.65. The number of halogens is 3. The monoisotopic (exact) mass is 562 g/mol. The van der Waals surface area contributed by atoms with Crippen molar-refractivity contribution in [1.82, 2.24) is 19.3 Å². The second-order valence-corrected chi connectivity index (χ2v) is 11.8. The van der Waals surface area contributed by atoms with Gasteiger partial charge in [0, 0.05) is 70.0 Å². The van der Waals surface area contributed by atoms with Gasteiger partial charge in [-0.3, -0.25) is 19.4 Å². The molecule has 1 aliphatic carbocycles. The standard InChI is InChI=1S/C30H41F3N4O3/c1-34-26-10-6-5-9-24(26)19-25(27(34)38)20-36(28(39)23-7-3-2-4-8-23)21-29(11-17-40-18-12-29)37-15-13-35(14-16-37)22-30(31,32)33/h5-6,9-10,19,23H,2-4,7-8,11-18,20-22H2,1H3. The maximum Gasteiger partial charge on any atom is 0.401 e. The van der Waals surface area contributed by atoms with Crippen LogP contribution in [0.3, 0.4) is 0 Å². The fourth-order valence-electron chi connectivity index (χ4n) is 6.94. The van der Waals surface area contributed by atoms with E-state index in [9.17, 15) is 22.8 Å². The lowest BCUT2D eigenvalue weighted by atomic mass is 9.84. The lowest BCUT2D eigenvalue weighted by Crippen LogP contribution is -2.64. The van der Waals surface area contributed by atoms with Gasteiger partial charge in [0.05, 0.1) is 18.6 Å². The molecule has 0 spiro atoms. The number of aromatic nitrogens is 1. The van der Waals surface area contributed by atoms with Crippen molar-refractivity contribution in [2.24, 2.45) is 13.0 Å². The number of hydrogen-bond donors (Lipinski definition) is 0. The van der Waals surface area contributed by atoms with Gasteiger partial charge in [0.15, 0.2) is 0 Å². The number of nitrogens with zero attached hydrogens (tertiary/aromatic N) is 4. The number of rotatable bonds is 7. The SMILES string of the molecule is Cn1c(=O)c(CN(CC2(N3CCN(CC(F)(F)F)CC3)CCOCC2)C(=O)C2CCCCC2)cc2ccccc21. The molecule has 0 atom stereocenters. The number of carbonyl (C=O) groups excluding carboxylic acids is 1. The van der Waals surface area contributed by atoms with Crippen LogP contribution in [-0.4, -0.2) is 89.4 Å². The Morgan fingerprint density at radius 2 is 1.73 bits per heavy atom. The predicted molar refractivity (Wildman–Crippen MR) is 148 cm³/mol. The van der Waals surface area contributed by atoms with E-state index in [4.69, 9.17) is 4.74 Å². The van der Waals surface area contributed by atoms with E-state index < -0.39 is 18.3 Å². The van der Waals surface area contributed by atoms with Gasteiger partial charge in [-0.2, -0.15) is 13.2 Å². The Balaban J connectivity index is 1.43. The molecule has 2 aliphatic heterocycles. The van der Waals surface area contributed by atoms with Gasteiger partial charge in [-0.25, -0.2) is 0 Å². The summed E-state index contributed by atoms with van der Waals surface area (Å²) >= 11 is 0. The van der Waals surface area contributed by atoms with Crippen LogP contribution in [0, 0.1) is 5.92 Å². The quantitative estimate of drug-likeness (QED) is 0.507. The average Bonchev–Trinajstić information content (AvgIpc) is 2.95. The predicted octanol–water partition coefficient (Wildman–Crippen LogP) is 4.18. The summed E-state index contributed by atoms with van der Waals surface area (Å²) in [5.74, 6) is 0.0371. The second-order valence-electron chi connectivity index (χ2n) is 11.8. The number of benzene rings is 1. The highest BCUT2D eigenvalue weighted by Crippen LogP contribution is 2.33. The van der Waals surface area contributed by atoms with Crippen molar-refractivity contribution in [2.75, 3.05) is 52.5 Å². The molecule has 3 aliphatic rings. The Morgan fingerprint density at radius 1 is 1.05 bits per heavy atom. The zero-order chi connectivity index (χ0) is 28.3. The van der Waals surface area contributed by atoms with Crippen LogP contribution in [0.15, 0.2) is 35.1 Å². The summed E-state index contributed by atoms with van der Waals surface area (Å²) in [6.45, 7) is 2.57. The normalized spacial score (nSPS) is 21.5. The molecule has 2 saturated heterocycles. The summed E-state index contributed by atoms with van der Waals surface area (Å²) in [4.78, 5) is 33.2. The van der Waals surface area contributed by atoms with Crippen molar-refractivity contribution in [2.45, 2.75) is 63.2 Å². The maximum atomic E-state index is 14.1. The molecule has 10 heteroatoms. The van der Waals surface area contributed by atoms with E-state index >= 15 is 0 Å². The summed E-state index contributed by atoms with van der Waals surface area (Å²) in [6.07, 6.45) is 2.11. The van der Waals surface area contributed by atoms with E-state index in [0.717, 1.165) is 43.0 Å². The molecule has 7 nitrogen and oxygen atoms in total. The molecule has 1 aromatic heterocycles. The third-order valence-electron chi connectivity index (χ3n) is 9.19. The third kappa shape index (κ3) is 6.55. The number of pyridine rings is 1. The molecule has 1 amide bonds. The number of piperazine rings is 1. The first-order valence-corrected chi connectivity index (χ1v) is 14.6. The van der Waals surface area contributed by atoms with E-state index in [1.807, 2.05) is 35.2 Å². The number of ether oxygens (including phenoxy) is 1. The van der Waals surface area contributed by atoms with E-state index in [-0.39, 0.29) is 23.9 Å². The number of hydrogen-bond acceptors (Lipinski definition) is 5. The van der Waals surface area contributed by atoms with Gasteiger partial charge in [0.25, 0.3) is 5.56 Å². The maximum absolute atomic E-state index is 14.1. The first-order chi connectivity index (χ1) is 19.2. The Labute approximate surface area is 233 Å². The topological polar surface area (TPSA) is 58.0 Å². The van der Waals surface area contributed by atoms with E-state index in [1.165, 1.54) is 4.90 Å².